The summed E-state index contributed by atoms with van der Waals surface area (Å²) in [5, 5.41) is 7.67. The van der Waals surface area contributed by atoms with E-state index < -0.39 is 12.2 Å². The first kappa shape index (κ1) is 11.9. The second-order valence-corrected chi connectivity index (χ2v) is 0.834. The molecule has 0 fully saturated rings. The molecule has 9 heavy (non-hydrogen) atoms. The number of carbonyl (C=O) groups excluding carboxylic acids is 1. The van der Waals surface area contributed by atoms with Gasteiger partial charge in [0.05, 0.1) is 0 Å². The average Bonchev–Trinajstić information content (AvgIpc) is 1.61. The number of amides is 2. The summed E-state index contributed by atoms with van der Waals surface area (Å²) in [5.74, 6) is 0. The van der Waals surface area contributed by atoms with Gasteiger partial charge in [-0.05, 0) is 0 Å². The molecule has 0 saturated heterocycles. The third-order valence-electron chi connectivity index (χ3n) is 0.239. The molecule has 7 heteroatoms. The van der Waals surface area contributed by atoms with Gasteiger partial charge < -0.3 is 17.1 Å². The molecule has 6 nitrogen and oxygen atoms in total. The topological polar surface area (TPSA) is 102 Å². The van der Waals surface area contributed by atoms with Crippen molar-refractivity contribution in [1.29, 1.82) is 0 Å². The van der Waals surface area contributed by atoms with Crippen molar-refractivity contribution in [3.05, 3.63) is 0 Å². The maximum absolute atomic E-state index is 9.63. The average molecular weight is 160 g/mol. The van der Waals surface area contributed by atoms with Crippen LogP contribution in [0.4, 0.5) is 9.59 Å². The minimum Gasteiger partial charge on any atom is -1.00 e. The Bertz CT molecular complexity index is 106. The maximum atomic E-state index is 9.63. The van der Waals surface area contributed by atoms with Crippen molar-refractivity contribution in [3.8, 4) is 0 Å². The van der Waals surface area contributed by atoms with E-state index in [-0.39, 0.29) is 52.8 Å². The normalized spacial score (nSPS) is 6.67. The second-order valence-electron chi connectivity index (χ2n) is 0.834. The smallest absolute Gasteiger partial charge is 1.00 e. The Labute approximate surface area is 94.6 Å². The van der Waals surface area contributed by atoms with E-state index in [9.17, 15) is 9.59 Å². The van der Waals surface area contributed by atoms with Gasteiger partial charge in [0.15, 0.2) is 0 Å². The summed E-state index contributed by atoms with van der Waals surface area (Å²) in [6.45, 7) is 0. The van der Waals surface area contributed by atoms with E-state index in [1.807, 2.05) is 0 Å². The van der Waals surface area contributed by atoms with Crippen molar-refractivity contribution in [2.75, 3.05) is 0 Å². The number of nitrogens with one attached hydrogen (secondary N) is 1. The van der Waals surface area contributed by atoms with Gasteiger partial charge in [0.1, 0.15) is 0 Å². The third-order valence-corrected chi connectivity index (χ3v) is 0.239. The van der Waals surface area contributed by atoms with Crippen LogP contribution in [0.5, 0.6) is 0 Å². The zero-order valence-corrected chi connectivity index (χ0v) is 7.87. The van der Waals surface area contributed by atoms with Crippen molar-refractivity contribution < 1.29 is 72.3 Å². The van der Waals surface area contributed by atoms with Gasteiger partial charge in [0.2, 0.25) is 0 Å². The molecule has 0 heterocycles. The van der Waals surface area contributed by atoms with Crippen LogP contribution in [-0.2, 0) is 4.84 Å². The molecule has 0 aliphatic heterocycles. The van der Waals surface area contributed by atoms with E-state index in [4.69, 9.17) is 5.11 Å². The summed E-state index contributed by atoms with van der Waals surface area (Å²) >= 11 is 0. The molecule has 0 atom stereocenters. The summed E-state index contributed by atoms with van der Waals surface area (Å²) in [6.07, 6.45) is -1.61. The molecule has 0 unspecified atom stereocenters. The minimum atomic E-state index is -1.61. The molecule has 2 amide bonds. The molecule has 0 aromatic heterocycles. The van der Waals surface area contributed by atoms with Crippen LogP contribution in [0.1, 0.15) is 1.43 Å². The second kappa shape index (κ2) is 6.30. The van der Waals surface area contributed by atoms with Crippen LogP contribution >= 0.6 is 0 Å². The van der Waals surface area contributed by atoms with Gasteiger partial charge in [0, 0.05) is 0 Å². The van der Waals surface area contributed by atoms with E-state index >= 15 is 0 Å². The molecule has 0 rings (SSSR count). The SMILES string of the molecule is NC(=O)NOC(=O)O.[H-].[K+]. The number of carboxylic acid groups (broad SMARTS) is 1. The zero-order chi connectivity index (χ0) is 6.57. The first-order valence-corrected chi connectivity index (χ1v) is 1.58. The van der Waals surface area contributed by atoms with Gasteiger partial charge in [-0.1, -0.05) is 0 Å². The van der Waals surface area contributed by atoms with E-state index in [1.54, 1.807) is 0 Å². The van der Waals surface area contributed by atoms with Crippen molar-refractivity contribution in [3.63, 3.8) is 0 Å². The molecular formula is C2H5KN2O4. The Kier molecular flexibility index (Phi) is 8.34. The number of nitrogens with two attached hydrogens (primary N) is 1. The molecule has 0 aliphatic carbocycles. The number of hydrogen-bond acceptors (Lipinski definition) is 3. The molecular weight excluding hydrogens is 155 g/mol. The fraction of sp³-hybridized carbons (Fsp3) is 0. The number of primary amides is 1. The summed E-state index contributed by atoms with van der Waals surface area (Å²) in [6, 6.07) is -1.05. The first-order chi connectivity index (χ1) is 3.63. The molecule has 0 saturated carbocycles. The fourth-order valence-electron chi connectivity index (χ4n) is 0.0940. The number of rotatable bonds is 0. The Morgan fingerprint density at radius 1 is 1.67 bits per heavy atom. The fourth-order valence-corrected chi connectivity index (χ4v) is 0.0940. The van der Waals surface area contributed by atoms with Gasteiger partial charge in [-0.2, -0.15) is 5.48 Å². The quantitative estimate of drug-likeness (QED) is 0.251. The number of carbonyl (C=O) groups is 2. The first-order valence-electron chi connectivity index (χ1n) is 1.58. The molecule has 48 valence electrons. The standard InChI is InChI=1S/C2H4N2O4.K.H/c3-1(5)4-8-2(6)7;;/h(H,6,7)(H3,3,4,5);;/q;+1;-1. The molecule has 4 N–H and O–H groups in total. The van der Waals surface area contributed by atoms with Gasteiger partial charge in [0.25, 0.3) is 0 Å². The summed E-state index contributed by atoms with van der Waals surface area (Å²) in [7, 11) is 0. The number of urea groups is 1. The zero-order valence-electron chi connectivity index (χ0n) is 5.75. The van der Waals surface area contributed by atoms with E-state index in [2.05, 4.69) is 10.6 Å². The summed E-state index contributed by atoms with van der Waals surface area (Å²) in [5.41, 5.74) is 5.79. The summed E-state index contributed by atoms with van der Waals surface area (Å²) in [4.78, 5) is 22.5. The molecule has 0 aliphatic rings. The largest absolute Gasteiger partial charge is 1.00 e. The van der Waals surface area contributed by atoms with Crippen LogP contribution in [0.2, 0.25) is 0 Å². The predicted molar refractivity (Wildman–Crippen MR) is 22.9 cm³/mol. The van der Waals surface area contributed by atoms with E-state index in [0.717, 1.165) is 0 Å². The molecule has 0 bridgehead atoms. The van der Waals surface area contributed by atoms with Gasteiger partial charge in [-0.3, -0.25) is 0 Å². The van der Waals surface area contributed by atoms with Gasteiger partial charge >= 0.3 is 63.6 Å². The van der Waals surface area contributed by atoms with Crippen LogP contribution in [0.25, 0.3) is 0 Å². The van der Waals surface area contributed by atoms with E-state index in [0.29, 0.717) is 0 Å². The van der Waals surface area contributed by atoms with Crippen molar-refractivity contribution in [2.45, 2.75) is 0 Å². The van der Waals surface area contributed by atoms with Gasteiger partial charge in [-0.25, -0.2) is 9.59 Å². The Hall–Kier alpha value is 0.176. The van der Waals surface area contributed by atoms with Crippen LogP contribution in [0.15, 0.2) is 0 Å². The number of hydrogen-bond donors (Lipinski definition) is 3. The minimum absolute atomic E-state index is 0. The molecule has 0 aromatic carbocycles. The third kappa shape index (κ3) is 11.6. The Balaban J connectivity index is -0.000000245. The van der Waals surface area contributed by atoms with Crippen LogP contribution in [-0.4, -0.2) is 17.3 Å². The van der Waals surface area contributed by atoms with Crippen LogP contribution < -0.4 is 62.6 Å². The summed E-state index contributed by atoms with van der Waals surface area (Å²) < 4.78 is 0. The van der Waals surface area contributed by atoms with Crippen LogP contribution in [0.3, 0.4) is 0 Å². The van der Waals surface area contributed by atoms with Crippen LogP contribution in [0, 0.1) is 0 Å². The predicted octanol–water partition coefficient (Wildman–Crippen LogP) is -3.62. The Morgan fingerprint density at radius 3 is 2.22 bits per heavy atom. The molecule has 0 radical (unpaired) electrons. The van der Waals surface area contributed by atoms with Gasteiger partial charge in [-0.15, -0.1) is 0 Å². The monoisotopic (exact) mass is 160 g/mol. The van der Waals surface area contributed by atoms with E-state index in [1.165, 1.54) is 5.48 Å². The Morgan fingerprint density at radius 2 is 2.11 bits per heavy atom. The van der Waals surface area contributed by atoms with Crippen molar-refractivity contribution >= 4 is 12.2 Å². The maximum Gasteiger partial charge on any atom is 1.00 e. The molecule has 0 aromatic rings. The van der Waals surface area contributed by atoms with Crippen molar-refractivity contribution in [1.82, 2.24) is 5.48 Å². The number of hydroxylamine groups is 1. The van der Waals surface area contributed by atoms with Crippen molar-refractivity contribution in [2.24, 2.45) is 5.73 Å². The molecule has 0 spiro atoms.